The molecule has 1 aliphatic heterocycles. The predicted octanol–water partition coefficient (Wildman–Crippen LogP) is 0.447. The smallest absolute Gasteiger partial charge is 0.282 e. The topological polar surface area (TPSA) is 76.6 Å². The molecule has 6 heteroatoms. The van der Waals surface area contributed by atoms with Gasteiger partial charge in [0.1, 0.15) is 0 Å². The lowest BCUT2D eigenvalue weighted by Crippen LogP contribution is -3.18. The van der Waals surface area contributed by atoms with Crippen molar-refractivity contribution >= 4 is 29.1 Å². The summed E-state index contributed by atoms with van der Waals surface area (Å²) in [5.41, 5.74) is 6.10. The third kappa shape index (κ3) is 4.19. The van der Waals surface area contributed by atoms with Crippen molar-refractivity contribution in [1.82, 2.24) is 0 Å². The fraction of sp³-hybridized carbons (Fsp3) is 0.467. The maximum absolute atomic E-state index is 12.3. The minimum absolute atomic E-state index is 0.0579. The van der Waals surface area contributed by atoms with Crippen LogP contribution in [0.1, 0.15) is 19.8 Å². The van der Waals surface area contributed by atoms with Crippen molar-refractivity contribution in [2.24, 2.45) is 11.7 Å². The molecule has 1 aliphatic rings. The van der Waals surface area contributed by atoms with E-state index in [1.807, 2.05) is 6.92 Å². The third-order valence-electron chi connectivity index (χ3n) is 4.08. The zero-order valence-corrected chi connectivity index (χ0v) is 12.8. The van der Waals surface area contributed by atoms with E-state index in [4.69, 9.17) is 17.3 Å². The van der Waals surface area contributed by atoms with Gasteiger partial charge in [-0.3, -0.25) is 9.59 Å². The monoisotopic (exact) mass is 310 g/mol. The molecule has 1 aromatic rings. The van der Waals surface area contributed by atoms with Crippen LogP contribution in [0.3, 0.4) is 0 Å². The molecule has 4 N–H and O–H groups in total. The number of piperidine rings is 1. The summed E-state index contributed by atoms with van der Waals surface area (Å²) in [6, 6.07) is 6.79. The second-order valence-corrected chi connectivity index (χ2v) is 6.01. The van der Waals surface area contributed by atoms with Crippen LogP contribution in [0.25, 0.3) is 0 Å². The van der Waals surface area contributed by atoms with Crippen LogP contribution in [0.4, 0.5) is 5.69 Å². The molecule has 0 aromatic heterocycles. The first-order chi connectivity index (χ1) is 9.97. The predicted molar refractivity (Wildman–Crippen MR) is 82.2 cm³/mol. The van der Waals surface area contributed by atoms with Gasteiger partial charge in [0.25, 0.3) is 5.91 Å². The van der Waals surface area contributed by atoms with E-state index in [1.54, 1.807) is 24.3 Å². The Morgan fingerprint density at radius 2 is 2.05 bits per heavy atom. The normalized spacial score (nSPS) is 23.3. The lowest BCUT2D eigenvalue weighted by molar-refractivity contribution is -0.921. The summed E-state index contributed by atoms with van der Waals surface area (Å²) >= 11 is 5.82. The summed E-state index contributed by atoms with van der Waals surface area (Å²) in [6.07, 6.45) is 1.74. The summed E-state index contributed by atoms with van der Waals surface area (Å²) < 4.78 is 0. The average molecular weight is 311 g/mol. The number of halogens is 1. The van der Waals surface area contributed by atoms with Crippen molar-refractivity contribution in [1.29, 1.82) is 0 Å². The summed E-state index contributed by atoms with van der Waals surface area (Å²) in [5.74, 6) is -0.450. The quantitative estimate of drug-likeness (QED) is 0.755. The Balaban J connectivity index is 1.95. The van der Waals surface area contributed by atoms with Gasteiger partial charge in [-0.25, -0.2) is 0 Å². The molecule has 0 spiro atoms. The Labute approximate surface area is 129 Å². The number of anilines is 1. The summed E-state index contributed by atoms with van der Waals surface area (Å²) in [7, 11) is 0. The van der Waals surface area contributed by atoms with Crippen molar-refractivity contribution < 1.29 is 14.5 Å². The Hall–Kier alpha value is -1.59. The highest BCUT2D eigenvalue weighted by atomic mass is 35.5. The Morgan fingerprint density at radius 3 is 2.67 bits per heavy atom. The number of hydrogen-bond acceptors (Lipinski definition) is 2. The summed E-state index contributed by atoms with van der Waals surface area (Å²) in [4.78, 5) is 24.7. The molecule has 21 heavy (non-hydrogen) atoms. The molecule has 1 aromatic carbocycles. The lowest BCUT2D eigenvalue weighted by atomic mass is 9.96. The van der Waals surface area contributed by atoms with Crippen molar-refractivity contribution in [2.75, 3.05) is 18.4 Å². The molecule has 0 radical (unpaired) electrons. The van der Waals surface area contributed by atoms with E-state index < -0.39 is 0 Å². The van der Waals surface area contributed by atoms with E-state index in [1.165, 1.54) is 0 Å². The largest absolute Gasteiger partial charge is 0.369 e. The van der Waals surface area contributed by atoms with Gasteiger partial charge in [-0.05, 0) is 44.0 Å². The minimum atomic E-state index is -0.266. The number of primary amides is 1. The molecule has 1 fully saturated rings. The molecule has 1 unspecified atom stereocenters. The van der Waals surface area contributed by atoms with E-state index in [0.717, 1.165) is 30.0 Å². The number of rotatable bonds is 4. The van der Waals surface area contributed by atoms with Gasteiger partial charge in [-0.1, -0.05) is 11.6 Å². The van der Waals surface area contributed by atoms with Crippen LogP contribution >= 0.6 is 11.6 Å². The number of amides is 2. The number of nitrogens with one attached hydrogen (secondary N) is 2. The second-order valence-electron chi connectivity index (χ2n) is 5.57. The number of nitrogens with two attached hydrogens (primary N) is 1. The fourth-order valence-corrected chi connectivity index (χ4v) is 2.83. The molecule has 5 nitrogen and oxygen atoms in total. The van der Waals surface area contributed by atoms with Crippen LogP contribution in [-0.2, 0) is 9.59 Å². The zero-order valence-electron chi connectivity index (χ0n) is 12.1. The van der Waals surface area contributed by atoms with Crippen LogP contribution in [0.5, 0.6) is 0 Å². The maximum Gasteiger partial charge on any atom is 0.282 e. The van der Waals surface area contributed by atoms with Gasteiger partial charge in [0, 0.05) is 10.7 Å². The molecule has 1 heterocycles. The molecule has 0 saturated carbocycles. The first-order valence-electron chi connectivity index (χ1n) is 7.17. The average Bonchev–Trinajstić information content (AvgIpc) is 2.49. The fourth-order valence-electron chi connectivity index (χ4n) is 2.70. The first-order valence-corrected chi connectivity index (χ1v) is 7.55. The standard InChI is InChI=1S/C15H20ClN3O2/c1-10(19-8-2-3-11(9-19)14(17)20)15(21)18-13-6-4-12(16)5-7-13/h4-7,10-11H,2-3,8-9H2,1H3,(H2,17,20)(H,18,21)/p+1/t10-,11-/m0/s1. The van der Waals surface area contributed by atoms with Crippen molar-refractivity contribution in [3.63, 3.8) is 0 Å². The van der Waals surface area contributed by atoms with Gasteiger partial charge in [0.15, 0.2) is 6.04 Å². The van der Waals surface area contributed by atoms with Crippen molar-refractivity contribution in [3.05, 3.63) is 29.3 Å². The molecule has 1 saturated heterocycles. The Morgan fingerprint density at radius 1 is 1.38 bits per heavy atom. The second kappa shape index (κ2) is 6.91. The Kier molecular flexibility index (Phi) is 5.20. The van der Waals surface area contributed by atoms with Crippen LogP contribution in [0, 0.1) is 5.92 Å². The van der Waals surface area contributed by atoms with Crippen LogP contribution in [0.2, 0.25) is 5.02 Å². The highest BCUT2D eigenvalue weighted by molar-refractivity contribution is 6.30. The van der Waals surface area contributed by atoms with Crippen LogP contribution in [-0.4, -0.2) is 30.9 Å². The first kappa shape index (κ1) is 15.8. The molecule has 3 atom stereocenters. The highest BCUT2D eigenvalue weighted by Crippen LogP contribution is 2.13. The minimum Gasteiger partial charge on any atom is -0.369 e. The van der Waals surface area contributed by atoms with E-state index in [9.17, 15) is 9.59 Å². The van der Waals surface area contributed by atoms with Crippen molar-refractivity contribution in [2.45, 2.75) is 25.8 Å². The van der Waals surface area contributed by atoms with Gasteiger partial charge < -0.3 is 16.0 Å². The lowest BCUT2D eigenvalue weighted by Gasteiger charge is -2.31. The number of benzene rings is 1. The molecule has 2 rings (SSSR count). The number of likely N-dealkylation sites (tertiary alicyclic amines) is 1. The van der Waals surface area contributed by atoms with Gasteiger partial charge in [0.05, 0.1) is 19.0 Å². The molecule has 114 valence electrons. The Bertz CT molecular complexity index is 518. The summed E-state index contributed by atoms with van der Waals surface area (Å²) in [6.45, 7) is 3.40. The van der Waals surface area contributed by atoms with Gasteiger partial charge in [-0.15, -0.1) is 0 Å². The zero-order chi connectivity index (χ0) is 15.4. The number of hydrogen-bond donors (Lipinski definition) is 3. The van der Waals surface area contributed by atoms with Gasteiger partial charge in [0.2, 0.25) is 5.91 Å². The highest BCUT2D eigenvalue weighted by Gasteiger charge is 2.33. The SMILES string of the molecule is C[C@@H](C(=O)Nc1ccc(Cl)cc1)[NH+]1CCC[C@H](C(N)=O)C1. The van der Waals surface area contributed by atoms with Gasteiger partial charge >= 0.3 is 0 Å². The van der Waals surface area contributed by atoms with E-state index >= 15 is 0 Å². The molecular formula is C15H21ClN3O2+. The van der Waals surface area contributed by atoms with E-state index in [-0.39, 0.29) is 23.8 Å². The van der Waals surface area contributed by atoms with E-state index in [2.05, 4.69) is 5.32 Å². The van der Waals surface area contributed by atoms with E-state index in [0.29, 0.717) is 11.6 Å². The molecule has 2 amide bonds. The number of quaternary nitrogens is 1. The third-order valence-corrected chi connectivity index (χ3v) is 4.33. The number of carbonyl (C=O) groups is 2. The summed E-state index contributed by atoms with van der Waals surface area (Å²) in [5, 5.41) is 3.51. The molecule has 0 aliphatic carbocycles. The number of carbonyl (C=O) groups excluding carboxylic acids is 2. The maximum atomic E-state index is 12.3. The van der Waals surface area contributed by atoms with Crippen molar-refractivity contribution in [3.8, 4) is 0 Å². The van der Waals surface area contributed by atoms with Gasteiger partial charge in [-0.2, -0.15) is 0 Å². The van der Waals surface area contributed by atoms with Crippen LogP contribution in [0.15, 0.2) is 24.3 Å². The van der Waals surface area contributed by atoms with Crippen LogP contribution < -0.4 is 16.0 Å². The molecular weight excluding hydrogens is 290 g/mol. The molecule has 0 bridgehead atoms.